The Morgan fingerprint density at radius 3 is 2.56 bits per heavy atom. The normalized spacial score (nSPS) is 16.1. The highest BCUT2D eigenvalue weighted by molar-refractivity contribution is 7.09. The Kier molecular flexibility index (Phi) is 5.28. The molecule has 3 heterocycles. The second-order valence-corrected chi connectivity index (χ2v) is 9.67. The third kappa shape index (κ3) is 3.83. The highest BCUT2D eigenvalue weighted by Gasteiger charge is 2.35. The van der Waals surface area contributed by atoms with Gasteiger partial charge in [-0.05, 0) is 52.8 Å². The average Bonchev–Trinajstić information content (AvgIpc) is 3.49. The van der Waals surface area contributed by atoms with Crippen LogP contribution in [0, 0.1) is 6.92 Å². The van der Waals surface area contributed by atoms with Gasteiger partial charge in [0.25, 0.3) is 0 Å². The van der Waals surface area contributed by atoms with Gasteiger partial charge in [-0.1, -0.05) is 60.7 Å². The van der Waals surface area contributed by atoms with Gasteiger partial charge >= 0.3 is 0 Å². The van der Waals surface area contributed by atoms with Crippen LogP contribution in [0.3, 0.4) is 0 Å². The highest BCUT2D eigenvalue weighted by Crippen LogP contribution is 2.44. The number of rotatable bonds is 4. The molecule has 0 atom stereocenters. The Morgan fingerprint density at radius 2 is 1.79 bits per heavy atom. The molecule has 0 amide bonds. The number of allylic oxidation sites excluding steroid dienone is 1. The summed E-state index contributed by atoms with van der Waals surface area (Å²) >= 11 is 1.74. The summed E-state index contributed by atoms with van der Waals surface area (Å²) in [5.41, 5.74) is 5.70. The topological polar surface area (TPSA) is 38.8 Å². The molecule has 0 saturated heterocycles. The minimum Gasteiger partial charge on any atom is -0.478 e. The number of nitrogens with zero attached hydrogens (tertiary/aromatic N) is 1. The molecule has 0 spiro atoms. The number of ketones is 1. The molecule has 0 radical (unpaired) electrons. The summed E-state index contributed by atoms with van der Waals surface area (Å²) < 4.78 is 12.3. The first-order chi connectivity index (χ1) is 16.7. The lowest BCUT2D eigenvalue weighted by molar-refractivity contribution is 0.0881. The summed E-state index contributed by atoms with van der Waals surface area (Å²) in [7, 11) is 0. The molecule has 34 heavy (non-hydrogen) atoms. The van der Waals surface area contributed by atoms with Crippen molar-refractivity contribution in [3.05, 3.63) is 111 Å². The van der Waals surface area contributed by atoms with Crippen LogP contribution in [0.5, 0.6) is 11.5 Å². The van der Waals surface area contributed by atoms with Gasteiger partial charge in [0, 0.05) is 18.0 Å². The number of ether oxygens (including phenoxy) is 2. The van der Waals surface area contributed by atoms with Crippen LogP contribution in [0.15, 0.2) is 83.9 Å². The number of benzene rings is 3. The van der Waals surface area contributed by atoms with E-state index in [2.05, 4.69) is 46.7 Å². The molecule has 1 aromatic heterocycles. The van der Waals surface area contributed by atoms with Crippen LogP contribution in [0.4, 0.5) is 0 Å². The SMILES string of the molecule is Cc1cc2c(c3c1C(=O)/C(=C/c1ccc(-c4ccccc4)cc1)O3)CN(Cc1cccs1)CO2. The lowest BCUT2D eigenvalue weighted by atomic mass is 9.98. The van der Waals surface area contributed by atoms with Gasteiger partial charge in [-0.2, -0.15) is 0 Å². The van der Waals surface area contributed by atoms with E-state index in [1.165, 1.54) is 4.88 Å². The van der Waals surface area contributed by atoms with Crippen LogP contribution in [-0.4, -0.2) is 17.4 Å². The predicted octanol–water partition coefficient (Wildman–Crippen LogP) is 6.69. The molecule has 5 heteroatoms. The predicted molar refractivity (Wildman–Crippen MR) is 135 cm³/mol. The van der Waals surface area contributed by atoms with E-state index in [1.54, 1.807) is 11.3 Å². The maximum Gasteiger partial charge on any atom is 0.232 e. The van der Waals surface area contributed by atoms with E-state index in [0.717, 1.165) is 40.1 Å². The van der Waals surface area contributed by atoms with E-state index >= 15 is 0 Å². The summed E-state index contributed by atoms with van der Waals surface area (Å²) in [6.45, 7) is 3.96. The van der Waals surface area contributed by atoms with Crippen molar-refractivity contribution in [2.75, 3.05) is 6.73 Å². The van der Waals surface area contributed by atoms with E-state index < -0.39 is 0 Å². The van der Waals surface area contributed by atoms with E-state index in [-0.39, 0.29) is 5.78 Å². The number of carbonyl (C=O) groups excluding carboxylic acids is 1. The molecule has 4 aromatic rings. The van der Waals surface area contributed by atoms with Gasteiger partial charge in [0.05, 0.1) is 11.1 Å². The molecule has 6 rings (SSSR count). The zero-order valence-electron chi connectivity index (χ0n) is 18.8. The van der Waals surface area contributed by atoms with Gasteiger partial charge in [-0.15, -0.1) is 11.3 Å². The molecule has 2 aliphatic rings. The van der Waals surface area contributed by atoms with Crippen molar-refractivity contribution in [3.8, 4) is 22.6 Å². The number of carbonyl (C=O) groups is 1. The molecule has 4 nitrogen and oxygen atoms in total. The van der Waals surface area contributed by atoms with Gasteiger partial charge in [0.1, 0.15) is 18.2 Å². The van der Waals surface area contributed by atoms with E-state index in [4.69, 9.17) is 9.47 Å². The van der Waals surface area contributed by atoms with Gasteiger partial charge < -0.3 is 9.47 Å². The van der Waals surface area contributed by atoms with Crippen molar-refractivity contribution in [2.45, 2.75) is 20.0 Å². The van der Waals surface area contributed by atoms with E-state index in [0.29, 0.717) is 30.3 Å². The lowest BCUT2D eigenvalue weighted by Gasteiger charge is -2.29. The Balaban J connectivity index is 1.28. The Bertz CT molecular complexity index is 1390. The second kappa shape index (κ2) is 8.60. The summed E-state index contributed by atoms with van der Waals surface area (Å²) in [6, 6.07) is 24.6. The Hall–Kier alpha value is -3.67. The number of thiophene rings is 1. The number of fused-ring (bicyclic) bond motifs is 3. The van der Waals surface area contributed by atoms with E-state index in [9.17, 15) is 4.79 Å². The monoisotopic (exact) mass is 465 g/mol. The molecule has 0 fully saturated rings. The fourth-order valence-corrected chi connectivity index (χ4v) is 5.30. The van der Waals surface area contributed by atoms with Crippen LogP contribution in [-0.2, 0) is 13.1 Å². The summed E-state index contributed by atoms with van der Waals surface area (Å²) in [4.78, 5) is 16.8. The van der Waals surface area contributed by atoms with Crippen LogP contribution in [0.25, 0.3) is 17.2 Å². The third-order valence-electron chi connectivity index (χ3n) is 6.26. The summed E-state index contributed by atoms with van der Waals surface area (Å²) in [5.74, 6) is 1.73. The molecule has 0 N–H and O–H groups in total. The first kappa shape index (κ1) is 20.9. The number of aryl methyl sites for hydroxylation is 1. The van der Waals surface area contributed by atoms with Crippen molar-refractivity contribution in [2.24, 2.45) is 0 Å². The Labute approximate surface area is 202 Å². The first-order valence-electron chi connectivity index (χ1n) is 11.3. The van der Waals surface area contributed by atoms with Crippen LogP contribution in [0.2, 0.25) is 0 Å². The molecule has 0 bridgehead atoms. The van der Waals surface area contributed by atoms with Crippen molar-refractivity contribution < 1.29 is 14.3 Å². The van der Waals surface area contributed by atoms with Gasteiger partial charge in [-0.25, -0.2) is 0 Å². The van der Waals surface area contributed by atoms with Crippen molar-refractivity contribution >= 4 is 23.2 Å². The molecular formula is C29H23NO3S. The molecule has 3 aromatic carbocycles. The quantitative estimate of drug-likeness (QED) is 0.315. The second-order valence-electron chi connectivity index (χ2n) is 8.64. The number of Topliss-reactive ketones (excluding diaryl/α,β-unsaturated/α-hetero) is 1. The fourth-order valence-electron chi connectivity index (χ4n) is 4.55. The van der Waals surface area contributed by atoms with E-state index in [1.807, 2.05) is 49.4 Å². The lowest BCUT2D eigenvalue weighted by Crippen LogP contribution is -2.31. The largest absolute Gasteiger partial charge is 0.478 e. The number of hydrogen-bond acceptors (Lipinski definition) is 5. The maximum atomic E-state index is 13.3. The minimum atomic E-state index is -0.0715. The van der Waals surface area contributed by atoms with Gasteiger partial charge in [0.15, 0.2) is 5.76 Å². The maximum absolute atomic E-state index is 13.3. The smallest absolute Gasteiger partial charge is 0.232 e. The molecule has 0 saturated carbocycles. The van der Waals surface area contributed by atoms with Crippen LogP contribution < -0.4 is 9.47 Å². The highest BCUT2D eigenvalue weighted by atomic mass is 32.1. The Morgan fingerprint density at radius 1 is 1.00 bits per heavy atom. The van der Waals surface area contributed by atoms with Crippen LogP contribution >= 0.6 is 11.3 Å². The van der Waals surface area contributed by atoms with Crippen molar-refractivity contribution in [1.82, 2.24) is 4.90 Å². The average molecular weight is 466 g/mol. The van der Waals surface area contributed by atoms with Crippen LogP contribution in [0.1, 0.15) is 31.9 Å². The molecule has 2 aliphatic heterocycles. The third-order valence-corrected chi connectivity index (χ3v) is 7.12. The molecule has 0 aliphatic carbocycles. The molecule has 168 valence electrons. The molecule has 0 unspecified atom stereocenters. The van der Waals surface area contributed by atoms with Gasteiger partial charge in [0.2, 0.25) is 5.78 Å². The fraction of sp³-hybridized carbons (Fsp3) is 0.138. The summed E-state index contributed by atoms with van der Waals surface area (Å²) in [5, 5.41) is 2.08. The minimum absolute atomic E-state index is 0.0715. The van der Waals surface area contributed by atoms with Crippen molar-refractivity contribution in [3.63, 3.8) is 0 Å². The van der Waals surface area contributed by atoms with Gasteiger partial charge in [-0.3, -0.25) is 9.69 Å². The van der Waals surface area contributed by atoms with Crippen molar-refractivity contribution in [1.29, 1.82) is 0 Å². The first-order valence-corrected chi connectivity index (χ1v) is 12.2. The molecular weight excluding hydrogens is 442 g/mol. The zero-order valence-corrected chi connectivity index (χ0v) is 19.6. The standard InChI is InChI=1S/C29H23NO3S/c1-19-14-25-24(17-30(18-32-25)16-23-8-5-13-34-23)29-27(19)28(31)26(33-29)15-20-9-11-22(12-10-20)21-6-3-2-4-7-21/h2-15H,16-18H2,1H3/b26-15-. The number of hydrogen-bond donors (Lipinski definition) is 0. The zero-order chi connectivity index (χ0) is 23.1. The summed E-state index contributed by atoms with van der Waals surface area (Å²) in [6.07, 6.45) is 1.83.